The first kappa shape index (κ1) is 5.23. The van der Waals surface area contributed by atoms with Gasteiger partial charge in [0.25, 0.3) is 0 Å². The Hall–Kier alpha value is 0.0895. The molecule has 0 atom stereocenters. The van der Waals surface area contributed by atoms with Gasteiger partial charge in [-0.15, -0.1) is 0 Å². The SMILES string of the molecule is [Se]=c1ccscc1. The Balaban J connectivity index is 3.28. The summed E-state index contributed by atoms with van der Waals surface area (Å²) >= 11 is 4.61. The second-order valence-corrected chi connectivity index (χ2v) is 2.95. The van der Waals surface area contributed by atoms with Gasteiger partial charge < -0.3 is 0 Å². The molecular weight excluding hydrogens is 171 g/mol. The maximum atomic E-state index is 2.91. The molecule has 0 aromatic carbocycles. The average molecular weight is 175 g/mol. The molecule has 2 heteroatoms. The van der Waals surface area contributed by atoms with Crippen LogP contribution in [-0.4, -0.2) is 15.6 Å². The van der Waals surface area contributed by atoms with E-state index in [1.54, 1.807) is 11.3 Å². The van der Waals surface area contributed by atoms with Gasteiger partial charge in [-0.25, -0.2) is 0 Å². The zero-order valence-electron chi connectivity index (χ0n) is 3.63. The van der Waals surface area contributed by atoms with Crippen LogP contribution in [0.5, 0.6) is 0 Å². The van der Waals surface area contributed by atoms with E-state index in [0.717, 1.165) is 0 Å². The Kier molecular flexibility index (Phi) is 1.80. The molecule has 0 saturated carbocycles. The average Bonchev–Trinajstić information content (AvgIpc) is 1.69. The van der Waals surface area contributed by atoms with Crippen molar-refractivity contribution in [1.29, 1.82) is 0 Å². The van der Waals surface area contributed by atoms with Gasteiger partial charge in [-0.05, 0) is 0 Å². The number of hydrogen-bond donors (Lipinski definition) is 0. The number of hydrogen-bond acceptors (Lipinski definition) is 1. The van der Waals surface area contributed by atoms with E-state index in [1.807, 2.05) is 22.9 Å². The van der Waals surface area contributed by atoms with Gasteiger partial charge in [0.1, 0.15) is 0 Å². The third-order valence-electron chi connectivity index (χ3n) is 0.622. The van der Waals surface area contributed by atoms with E-state index in [2.05, 4.69) is 15.6 Å². The second-order valence-electron chi connectivity index (χ2n) is 1.14. The first-order chi connectivity index (χ1) is 3.39. The molecule has 0 N–H and O–H groups in total. The van der Waals surface area contributed by atoms with Gasteiger partial charge in [-0.3, -0.25) is 0 Å². The molecule has 0 aliphatic rings. The molecule has 0 amide bonds. The third kappa shape index (κ3) is 1.56. The summed E-state index contributed by atoms with van der Waals surface area (Å²) < 4.78 is 1.21. The summed E-state index contributed by atoms with van der Waals surface area (Å²) in [5.41, 5.74) is 0. The molecule has 0 fully saturated rings. The summed E-state index contributed by atoms with van der Waals surface area (Å²) in [5.74, 6) is 0. The van der Waals surface area contributed by atoms with Gasteiger partial charge in [0.15, 0.2) is 0 Å². The van der Waals surface area contributed by atoms with Crippen molar-refractivity contribution in [3.05, 3.63) is 27.0 Å². The zero-order valence-corrected chi connectivity index (χ0v) is 6.16. The quantitative estimate of drug-likeness (QED) is 0.523. The molecule has 0 bridgehead atoms. The van der Waals surface area contributed by atoms with E-state index in [9.17, 15) is 0 Å². The predicted molar refractivity (Wildman–Crippen MR) is 33.3 cm³/mol. The molecule has 0 spiro atoms. The third-order valence-corrected chi connectivity index (χ3v) is 1.78. The van der Waals surface area contributed by atoms with Crippen molar-refractivity contribution in [3.63, 3.8) is 0 Å². The van der Waals surface area contributed by atoms with Crippen molar-refractivity contribution in [1.82, 2.24) is 0 Å². The molecule has 0 unspecified atom stereocenters. The van der Waals surface area contributed by atoms with Crippen LogP contribution in [0.25, 0.3) is 0 Å². The Morgan fingerprint density at radius 3 is 2.14 bits per heavy atom. The monoisotopic (exact) mass is 176 g/mol. The summed E-state index contributed by atoms with van der Waals surface area (Å²) in [5, 5.41) is 4.09. The van der Waals surface area contributed by atoms with Crippen molar-refractivity contribution < 1.29 is 0 Å². The molecule has 36 valence electrons. The van der Waals surface area contributed by atoms with E-state index in [0.29, 0.717) is 0 Å². The molecule has 1 aromatic rings. The first-order valence-electron chi connectivity index (χ1n) is 1.92. The molecule has 0 nitrogen and oxygen atoms in total. The maximum absolute atomic E-state index is 2.91. The fourth-order valence-electron chi connectivity index (χ4n) is 0.314. The van der Waals surface area contributed by atoms with Gasteiger partial charge >= 0.3 is 53.9 Å². The van der Waals surface area contributed by atoms with Crippen molar-refractivity contribution in [2.45, 2.75) is 0 Å². The van der Waals surface area contributed by atoms with Crippen LogP contribution < -0.4 is 0 Å². The predicted octanol–water partition coefficient (Wildman–Crippen LogP) is 1.45. The Labute approximate surface area is 54.2 Å². The fraction of sp³-hybridized carbons (Fsp3) is 0. The van der Waals surface area contributed by atoms with Gasteiger partial charge in [0.2, 0.25) is 0 Å². The molecule has 0 aliphatic carbocycles. The molecule has 0 radical (unpaired) electrons. The van der Waals surface area contributed by atoms with E-state index >= 15 is 0 Å². The minimum atomic E-state index is 1.21. The van der Waals surface area contributed by atoms with E-state index in [1.165, 1.54) is 4.06 Å². The van der Waals surface area contributed by atoms with Crippen LogP contribution in [0.4, 0.5) is 0 Å². The van der Waals surface area contributed by atoms with Crippen molar-refractivity contribution in [3.8, 4) is 0 Å². The Morgan fingerprint density at radius 1 is 1.29 bits per heavy atom. The van der Waals surface area contributed by atoms with Crippen LogP contribution in [0, 0.1) is 4.06 Å². The van der Waals surface area contributed by atoms with Crippen LogP contribution in [0.3, 0.4) is 0 Å². The molecule has 1 aromatic heterocycles. The molecular formula is C5H4SSe. The van der Waals surface area contributed by atoms with Crippen LogP contribution in [0.2, 0.25) is 0 Å². The van der Waals surface area contributed by atoms with Crippen molar-refractivity contribution in [2.24, 2.45) is 0 Å². The van der Waals surface area contributed by atoms with Crippen LogP contribution >= 0.6 is 11.3 Å². The minimum absolute atomic E-state index is 1.21. The summed E-state index contributed by atoms with van der Waals surface area (Å²) in [4.78, 5) is 0. The summed E-state index contributed by atoms with van der Waals surface area (Å²) in [6.07, 6.45) is 0. The Bertz CT molecular complexity index is 174. The Morgan fingerprint density at radius 2 is 1.86 bits per heavy atom. The van der Waals surface area contributed by atoms with Gasteiger partial charge in [0, 0.05) is 0 Å². The first-order valence-corrected chi connectivity index (χ1v) is 3.72. The van der Waals surface area contributed by atoms with Crippen molar-refractivity contribution in [2.75, 3.05) is 0 Å². The second kappa shape index (κ2) is 2.41. The summed E-state index contributed by atoms with van der Waals surface area (Å²) in [6, 6.07) is 4.09. The zero-order chi connectivity index (χ0) is 5.11. The van der Waals surface area contributed by atoms with Crippen molar-refractivity contribution >= 4 is 26.9 Å². The van der Waals surface area contributed by atoms with Gasteiger partial charge in [0.05, 0.1) is 0 Å². The van der Waals surface area contributed by atoms with E-state index in [-0.39, 0.29) is 0 Å². The number of rotatable bonds is 0. The summed E-state index contributed by atoms with van der Waals surface area (Å²) in [6.45, 7) is 0. The van der Waals surface area contributed by atoms with Crippen LogP contribution in [0.1, 0.15) is 0 Å². The molecule has 7 heavy (non-hydrogen) atoms. The topological polar surface area (TPSA) is 0 Å². The van der Waals surface area contributed by atoms with Crippen LogP contribution in [0.15, 0.2) is 22.9 Å². The van der Waals surface area contributed by atoms with Gasteiger partial charge in [-0.2, -0.15) is 0 Å². The summed E-state index contributed by atoms with van der Waals surface area (Å²) in [7, 11) is 0. The molecule has 1 rings (SSSR count). The normalized spacial score (nSPS) is 8.57. The van der Waals surface area contributed by atoms with Gasteiger partial charge in [-0.1, -0.05) is 0 Å². The molecule has 1 heterocycles. The molecule has 0 aliphatic heterocycles. The van der Waals surface area contributed by atoms with E-state index < -0.39 is 0 Å². The fourth-order valence-corrected chi connectivity index (χ4v) is 1.53. The van der Waals surface area contributed by atoms with E-state index in [4.69, 9.17) is 0 Å². The standard InChI is InChI=1S/C5H4SSe/c7-5-1-3-6-4-2-5/h1-4H. The van der Waals surface area contributed by atoms with Crippen LogP contribution in [-0.2, 0) is 0 Å². The molecule has 0 saturated heterocycles.